The Morgan fingerprint density at radius 3 is 2.39 bits per heavy atom. The van der Waals surface area contributed by atoms with Crippen LogP contribution in [0.4, 0.5) is 11.5 Å². The molecule has 1 aromatic heterocycles. The standard InChI is InChI=1S/C14H22N4/c1-3-5-7-18(8-6-4-2)14-12(10-15)9-13(16)11-17-14/h9,11H,3-8,16H2,1-2H3. The van der Waals surface area contributed by atoms with E-state index in [2.05, 4.69) is 29.8 Å². The van der Waals surface area contributed by atoms with Crippen molar-refractivity contribution in [3.05, 3.63) is 17.8 Å². The molecule has 0 unspecified atom stereocenters. The Hall–Kier alpha value is -1.76. The highest BCUT2D eigenvalue weighted by Crippen LogP contribution is 2.20. The van der Waals surface area contributed by atoms with Crippen molar-refractivity contribution in [2.75, 3.05) is 23.7 Å². The Kier molecular flexibility index (Phi) is 5.99. The summed E-state index contributed by atoms with van der Waals surface area (Å²) in [6, 6.07) is 3.89. The third-order valence-electron chi connectivity index (χ3n) is 2.87. The monoisotopic (exact) mass is 246 g/mol. The van der Waals surface area contributed by atoms with Crippen LogP contribution in [0.15, 0.2) is 12.3 Å². The van der Waals surface area contributed by atoms with Gasteiger partial charge in [-0.15, -0.1) is 0 Å². The third-order valence-corrected chi connectivity index (χ3v) is 2.87. The molecule has 0 saturated carbocycles. The van der Waals surface area contributed by atoms with Gasteiger partial charge in [0.15, 0.2) is 0 Å². The number of rotatable bonds is 7. The number of nitrogens with zero attached hydrogens (tertiary/aromatic N) is 3. The molecular formula is C14H22N4. The number of nitrogens with two attached hydrogens (primary N) is 1. The normalized spacial score (nSPS) is 10.1. The smallest absolute Gasteiger partial charge is 0.146 e. The van der Waals surface area contributed by atoms with Crippen molar-refractivity contribution in [3.63, 3.8) is 0 Å². The van der Waals surface area contributed by atoms with Gasteiger partial charge in [-0.2, -0.15) is 5.26 Å². The van der Waals surface area contributed by atoms with Crippen LogP contribution in [0.3, 0.4) is 0 Å². The second kappa shape index (κ2) is 7.54. The molecule has 0 spiro atoms. The summed E-state index contributed by atoms with van der Waals surface area (Å²) in [6.07, 6.45) is 6.13. The highest BCUT2D eigenvalue weighted by Gasteiger charge is 2.12. The Morgan fingerprint density at radius 1 is 1.28 bits per heavy atom. The predicted octanol–water partition coefficient (Wildman–Crippen LogP) is 2.94. The topological polar surface area (TPSA) is 65.9 Å². The number of aromatic nitrogens is 1. The molecule has 0 aromatic carbocycles. The van der Waals surface area contributed by atoms with Crippen LogP contribution in [0.25, 0.3) is 0 Å². The molecule has 0 atom stereocenters. The molecule has 0 bridgehead atoms. The Morgan fingerprint density at radius 2 is 1.89 bits per heavy atom. The van der Waals surface area contributed by atoms with Crippen molar-refractivity contribution in [1.82, 2.24) is 4.98 Å². The summed E-state index contributed by atoms with van der Waals surface area (Å²) in [4.78, 5) is 6.53. The first-order valence-corrected chi connectivity index (χ1v) is 6.63. The molecule has 18 heavy (non-hydrogen) atoms. The molecule has 98 valence electrons. The maximum absolute atomic E-state index is 9.17. The minimum absolute atomic E-state index is 0.543. The Bertz CT molecular complexity index is 401. The fraction of sp³-hybridized carbons (Fsp3) is 0.571. The van der Waals surface area contributed by atoms with E-state index >= 15 is 0 Å². The van der Waals surface area contributed by atoms with E-state index in [0.29, 0.717) is 11.3 Å². The molecule has 1 rings (SSSR count). The second-order valence-corrected chi connectivity index (χ2v) is 4.45. The van der Waals surface area contributed by atoms with E-state index < -0.39 is 0 Å². The van der Waals surface area contributed by atoms with Crippen molar-refractivity contribution >= 4 is 11.5 Å². The Labute approximate surface area is 109 Å². The molecular weight excluding hydrogens is 224 g/mol. The number of nitrogen functional groups attached to an aromatic ring is 1. The molecule has 1 aromatic rings. The van der Waals surface area contributed by atoms with Crippen LogP contribution in [0.2, 0.25) is 0 Å². The summed E-state index contributed by atoms with van der Waals surface area (Å²) in [7, 11) is 0. The van der Waals surface area contributed by atoms with Gasteiger partial charge in [0.05, 0.1) is 17.4 Å². The maximum atomic E-state index is 9.17. The lowest BCUT2D eigenvalue weighted by molar-refractivity contribution is 0.671. The zero-order valence-electron chi connectivity index (χ0n) is 11.3. The summed E-state index contributed by atoms with van der Waals surface area (Å²) in [6.45, 7) is 6.23. The summed E-state index contributed by atoms with van der Waals surface area (Å²) >= 11 is 0. The van der Waals surface area contributed by atoms with Gasteiger partial charge in [0, 0.05) is 13.1 Å². The quantitative estimate of drug-likeness (QED) is 0.803. The van der Waals surface area contributed by atoms with Gasteiger partial charge in [-0.3, -0.25) is 0 Å². The van der Waals surface area contributed by atoms with Gasteiger partial charge in [-0.1, -0.05) is 26.7 Å². The van der Waals surface area contributed by atoms with Crippen molar-refractivity contribution in [2.45, 2.75) is 39.5 Å². The lowest BCUT2D eigenvalue weighted by atomic mass is 10.2. The lowest BCUT2D eigenvalue weighted by Gasteiger charge is -2.24. The van der Waals surface area contributed by atoms with Crippen LogP contribution >= 0.6 is 0 Å². The van der Waals surface area contributed by atoms with E-state index in [9.17, 15) is 5.26 Å². The Balaban J connectivity index is 2.92. The zero-order valence-corrected chi connectivity index (χ0v) is 11.3. The number of hydrogen-bond donors (Lipinski definition) is 1. The number of anilines is 2. The number of unbranched alkanes of at least 4 members (excludes halogenated alkanes) is 2. The molecule has 0 aliphatic carbocycles. The fourth-order valence-corrected chi connectivity index (χ4v) is 1.83. The molecule has 4 nitrogen and oxygen atoms in total. The largest absolute Gasteiger partial charge is 0.397 e. The average molecular weight is 246 g/mol. The van der Waals surface area contributed by atoms with Gasteiger partial charge in [-0.25, -0.2) is 4.98 Å². The third kappa shape index (κ3) is 3.92. The fourth-order valence-electron chi connectivity index (χ4n) is 1.83. The first-order valence-electron chi connectivity index (χ1n) is 6.63. The number of pyridine rings is 1. The van der Waals surface area contributed by atoms with Gasteiger partial charge < -0.3 is 10.6 Å². The minimum Gasteiger partial charge on any atom is -0.397 e. The van der Waals surface area contributed by atoms with Crippen LogP contribution < -0.4 is 10.6 Å². The van der Waals surface area contributed by atoms with Gasteiger partial charge in [0.2, 0.25) is 0 Å². The molecule has 1 heterocycles. The van der Waals surface area contributed by atoms with Crippen LogP contribution in [-0.4, -0.2) is 18.1 Å². The van der Waals surface area contributed by atoms with E-state index in [1.54, 1.807) is 12.3 Å². The maximum Gasteiger partial charge on any atom is 0.146 e. The number of nitriles is 1. The average Bonchev–Trinajstić information content (AvgIpc) is 2.39. The molecule has 0 saturated heterocycles. The number of hydrogen-bond acceptors (Lipinski definition) is 4. The molecule has 2 N–H and O–H groups in total. The van der Waals surface area contributed by atoms with Crippen LogP contribution in [0, 0.1) is 11.3 Å². The van der Waals surface area contributed by atoms with Crippen molar-refractivity contribution in [2.24, 2.45) is 0 Å². The van der Waals surface area contributed by atoms with E-state index in [0.717, 1.165) is 44.6 Å². The van der Waals surface area contributed by atoms with Crippen molar-refractivity contribution < 1.29 is 0 Å². The van der Waals surface area contributed by atoms with Gasteiger partial charge in [-0.05, 0) is 18.9 Å². The second-order valence-electron chi connectivity index (χ2n) is 4.45. The molecule has 0 aliphatic heterocycles. The zero-order chi connectivity index (χ0) is 13.4. The first-order chi connectivity index (χ1) is 8.72. The predicted molar refractivity (Wildman–Crippen MR) is 75.4 cm³/mol. The SMILES string of the molecule is CCCCN(CCCC)c1ncc(N)cc1C#N. The van der Waals surface area contributed by atoms with E-state index in [-0.39, 0.29) is 0 Å². The van der Waals surface area contributed by atoms with Crippen molar-refractivity contribution in [3.8, 4) is 6.07 Å². The summed E-state index contributed by atoms with van der Waals surface area (Å²) in [5, 5.41) is 9.17. The molecule has 0 fully saturated rings. The molecule has 0 amide bonds. The molecule has 0 radical (unpaired) electrons. The first kappa shape index (κ1) is 14.3. The van der Waals surface area contributed by atoms with Crippen LogP contribution in [0.1, 0.15) is 45.1 Å². The van der Waals surface area contributed by atoms with Gasteiger partial charge in [0.25, 0.3) is 0 Å². The van der Waals surface area contributed by atoms with E-state index in [1.165, 1.54) is 0 Å². The molecule has 4 heteroatoms. The van der Waals surface area contributed by atoms with E-state index in [4.69, 9.17) is 5.73 Å². The lowest BCUT2D eigenvalue weighted by Crippen LogP contribution is -2.27. The van der Waals surface area contributed by atoms with Gasteiger partial charge >= 0.3 is 0 Å². The highest BCUT2D eigenvalue weighted by molar-refractivity contribution is 5.58. The van der Waals surface area contributed by atoms with Crippen LogP contribution in [0.5, 0.6) is 0 Å². The van der Waals surface area contributed by atoms with Crippen molar-refractivity contribution in [1.29, 1.82) is 5.26 Å². The van der Waals surface area contributed by atoms with Gasteiger partial charge in [0.1, 0.15) is 11.9 Å². The minimum atomic E-state index is 0.543. The van der Waals surface area contributed by atoms with Crippen LogP contribution in [-0.2, 0) is 0 Å². The molecule has 0 aliphatic rings. The summed E-state index contributed by atoms with van der Waals surface area (Å²) in [5.74, 6) is 0.772. The summed E-state index contributed by atoms with van der Waals surface area (Å²) < 4.78 is 0. The highest BCUT2D eigenvalue weighted by atomic mass is 15.2. The summed E-state index contributed by atoms with van der Waals surface area (Å²) in [5.41, 5.74) is 6.79. The van der Waals surface area contributed by atoms with E-state index in [1.807, 2.05) is 0 Å².